The second kappa shape index (κ2) is 8.55. The zero-order chi connectivity index (χ0) is 22.1. The highest BCUT2D eigenvalue weighted by molar-refractivity contribution is 6.30. The summed E-state index contributed by atoms with van der Waals surface area (Å²) in [7, 11) is 0. The molecule has 4 aromatic rings. The molecule has 0 N–H and O–H groups in total. The normalized spacial score (nSPS) is 14.2. The zero-order valence-corrected chi connectivity index (χ0v) is 18.4. The summed E-state index contributed by atoms with van der Waals surface area (Å²) in [6.45, 7) is 4.68. The lowest BCUT2D eigenvalue weighted by Gasteiger charge is -2.35. The van der Waals surface area contributed by atoms with E-state index in [4.69, 9.17) is 11.6 Å². The number of fused-ring (bicyclic) bond motifs is 1. The molecule has 2 aromatic carbocycles. The first kappa shape index (κ1) is 20.4. The average molecular weight is 448 g/mol. The Morgan fingerprint density at radius 2 is 1.81 bits per heavy atom. The summed E-state index contributed by atoms with van der Waals surface area (Å²) in [4.78, 5) is 25.7. The molecule has 9 heteroatoms. The molecule has 8 nitrogen and oxygen atoms in total. The molecular weight excluding hydrogens is 426 g/mol. The molecule has 1 aliphatic heterocycles. The molecule has 1 saturated heterocycles. The van der Waals surface area contributed by atoms with Crippen molar-refractivity contribution in [2.45, 2.75) is 13.3 Å². The summed E-state index contributed by atoms with van der Waals surface area (Å²) in [6, 6.07) is 15.5. The van der Waals surface area contributed by atoms with Gasteiger partial charge in [-0.3, -0.25) is 4.79 Å². The lowest BCUT2D eigenvalue weighted by Crippen LogP contribution is -2.49. The van der Waals surface area contributed by atoms with E-state index in [0.717, 1.165) is 17.1 Å². The van der Waals surface area contributed by atoms with Gasteiger partial charge >= 0.3 is 0 Å². The molecule has 1 fully saturated rings. The van der Waals surface area contributed by atoms with Crippen LogP contribution in [0.1, 0.15) is 11.1 Å². The van der Waals surface area contributed by atoms with Crippen LogP contribution in [-0.2, 0) is 11.2 Å². The van der Waals surface area contributed by atoms with Crippen molar-refractivity contribution < 1.29 is 4.79 Å². The van der Waals surface area contributed by atoms with E-state index in [-0.39, 0.29) is 5.91 Å². The fourth-order valence-corrected chi connectivity index (χ4v) is 4.13. The standard InChI is InChI=1S/C23H22ClN7O/c1-16-3-2-4-17(13-16)14-20(32)29-9-11-30(12-10-29)22-21-23(26-15-25-22)31(28-27-21)19-7-5-18(24)6-8-19/h2-8,13,15H,9-12,14H2,1H3. The number of amides is 1. The maximum Gasteiger partial charge on any atom is 0.227 e. The SMILES string of the molecule is Cc1cccc(CC(=O)N2CCN(c3ncnc4c3nnn4-c3ccc(Cl)cc3)CC2)c1. The minimum atomic E-state index is 0.150. The van der Waals surface area contributed by atoms with E-state index in [1.54, 1.807) is 16.8 Å². The highest BCUT2D eigenvalue weighted by Crippen LogP contribution is 2.24. The van der Waals surface area contributed by atoms with Gasteiger partial charge in [0.2, 0.25) is 5.91 Å². The van der Waals surface area contributed by atoms with Crippen molar-refractivity contribution in [2.24, 2.45) is 0 Å². The van der Waals surface area contributed by atoms with Gasteiger partial charge in [0.1, 0.15) is 6.33 Å². The van der Waals surface area contributed by atoms with Crippen LogP contribution in [0, 0.1) is 6.92 Å². The minimum Gasteiger partial charge on any atom is -0.351 e. The van der Waals surface area contributed by atoms with Gasteiger partial charge in [0.15, 0.2) is 17.0 Å². The van der Waals surface area contributed by atoms with Gasteiger partial charge in [-0.05, 0) is 36.8 Å². The largest absolute Gasteiger partial charge is 0.351 e. The molecule has 32 heavy (non-hydrogen) atoms. The van der Waals surface area contributed by atoms with Gasteiger partial charge in [-0.15, -0.1) is 5.10 Å². The van der Waals surface area contributed by atoms with Crippen molar-refractivity contribution in [2.75, 3.05) is 31.1 Å². The summed E-state index contributed by atoms with van der Waals surface area (Å²) >= 11 is 6.00. The lowest BCUT2D eigenvalue weighted by molar-refractivity contribution is -0.130. The zero-order valence-electron chi connectivity index (χ0n) is 17.6. The second-order valence-electron chi connectivity index (χ2n) is 7.88. The van der Waals surface area contributed by atoms with Crippen LogP contribution in [0.25, 0.3) is 16.9 Å². The average Bonchev–Trinajstić information content (AvgIpc) is 3.24. The first-order valence-corrected chi connectivity index (χ1v) is 10.9. The monoisotopic (exact) mass is 447 g/mol. The number of benzene rings is 2. The van der Waals surface area contributed by atoms with Gasteiger partial charge < -0.3 is 9.80 Å². The molecule has 5 rings (SSSR count). The van der Waals surface area contributed by atoms with Crippen LogP contribution >= 0.6 is 11.6 Å². The summed E-state index contributed by atoms with van der Waals surface area (Å²) in [6.07, 6.45) is 1.96. The predicted octanol–water partition coefficient (Wildman–Crippen LogP) is 3.06. The fourth-order valence-electron chi connectivity index (χ4n) is 4.00. The topological polar surface area (TPSA) is 80.0 Å². The Kier molecular flexibility index (Phi) is 5.45. The third kappa shape index (κ3) is 4.01. The molecular formula is C23H22ClN7O. The van der Waals surface area contributed by atoms with E-state index in [2.05, 4.69) is 31.2 Å². The van der Waals surface area contributed by atoms with Crippen molar-refractivity contribution in [1.82, 2.24) is 29.9 Å². The molecule has 3 heterocycles. The predicted molar refractivity (Wildman–Crippen MR) is 123 cm³/mol. The number of rotatable bonds is 4. The van der Waals surface area contributed by atoms with E-state index in [1.807, 2.05) is 42.2 Å². The summed E-state index contributed by atoms with van der Waals surface area (Å²) in [5.41, 5.74) is 4.32. The van der Waals surface area contributed by atoms with E-state index in [9.17, 15) is 4.79 Å². The number of hydrogen-bond acceptors (Lipinski definition) is 6. The molecule has 0 aliphatic carbocycles. The number of carbonyl (C=O) groups is 1. The van der Waals surface area contributed by atoms with Crippen molar-refractivity contribution in [1.29, 1.82) is 0 Å². The molecule has 0 unspecified atom stereocenters. The fraction of sp³-hybridized carbons (Fsp3) is 0.261. The number of aromatic nitrogens is 5. The Morgan fingerprint density at radius 3 is 2.56 bits per heavy atom. The molecule has 162 valence electrons. The van der Waals surface area contributed by atoms with Gasteiger partial charge in [-0.1, -0.05) is 46.6 Å². The maximum atomic E-state index is 12.8. The molecule has 1 amide bonds. The van der Waals surface area contributed by atoms with Crippen LogP contribution in [0.15, 0.2) is 54.9 Å². The number of piperazine rings is 1. The Morgan fingerprint density at radius 1 is 1.03 bits per heavy atom. The number of aryl methyl sites for hydroxylation is 1. The van der Waals surface area contributed by atoms with E-state index in [1.165, 1.54) is 11.9 Å². The van der Waals surface area contributed by atoms with Crippen LogP contribution in [-0.4, -0.2) is 61.9 Å². The highest BCUT2D eigenvalue weighted by atomic mass is 35.5. The third-order valence-corrected chi connectivity index (χ3v) is 5.91. The van der Waals surface area contributed by atoms with Gasteiger partial charge in [0, 0.05) is 31.2 Å². The summed E-state index contributed by atoms with van der Waals surface area (Å²) < 4.78 is 1.68. The molecule has 0 saturated carbocycles. The number of halogens is 1. The molecule has 0 bridgehead atoms. The van der Waals surface area contributed by atoms with Gasteiger partial charge in [0.25, 0.3) is 0 Å². The lowest BCUT2D eigenvalue weighted by atomic mass is 10.1. The number of carbonyl (C=O) groups excluding carboxylic acids is 1. The van der Waals surface area contributed by atoms with Crippen molar-refractivity contribution in [3.8, 4) is 5.69 Å². The number of nitrogens with zero attached hydrogens (tertiary/aromatic N) is 7. The Balaban J connectivity index is 1.31. The maximum absolute atomic E-state index is 12.8. The smallest absolute Gasteiger partial charge is 0.227 e. The Bertz CT molecular complexity index is 1260. The van der Waals surface area contributed by atoms with Crippen molar-refractivity contribution >= 4 is 34.5 Å². The quantitative estimate of drug-likeness (QED) is 0.478. The van der Waals surface area contributed by atoms with E-state index >= 15 is 0 Å². The van der Waals surface area contributed by atoms with Crippen LogP contribution < -0.4 is 4.90 Å². The molecule has 0 radical (unpaired) electrons. The van der Waals surface area contributed by atoms with Gasteiger partial charge in [-0.25, -0.2) is 9.97 Å². The van der Waals surface area contributed by atoms with E-state index in [0.29, 0.717) is 48.8 Å². The molecule has 1 aliphatic rings. The van der Waals surface area contributed by atoms with Crippen LogP contribution in [0.5, 0.6) is 0 Å². The molecule has 2 aromatic heterocycles. The third-order valence-electron chi connectivity index (χ3n) is 5.66. The Hall–Kier alpha value is -3.52. The summed E-state index contributed by atoms with van der Waals surface area (Å²) in [5.74, 6) is 0.887. The number of hydrogen-bond donors (Lipinski definition) is 0. The summed E-state index contributed by atoms with van der Waals surface area (Å²) in [5, 5.41) is 9.28. The minimum absolute atomic E-state index is 0.150. The van der Waals surface area contributed by atoms with Crippen LogP contribution in [0.4, 0.5) is 5.82 Å². The first-order chi connectivity index (χ1) is 15.6. The van der Waals surface area contributed by atoms with Crippen LogP contribution in [0.3, 0.4) is 0 Å². The highest BCUT2D eigenvalue weighted by Gasteiger charge is 2.25. The second-order valence-corrected chi connectivity index (χ2v) is 8.32. The molecule has 0 spiro atoms. The number of anilines is 1. The van der Waals surface area contributed by atoms with Crippen molar-refractivity contribution in [3.63, 3.8) is 0 Å². The van der Waals surface area contributed by atoms with E-state index < -0.39 is 0 Å². The van der Waals surface area contributed by atoms with Gasteiger partial charge in [0.05, 0.1) is 12.1 Å². The van der Waals surface area contributed by atoms with Gasteiger partial charge in [-0.2, -0.15) is 4.68 Å². The van der Waals surface area contributed by atoms with Crippen LogP contribution in [0.2, 0.25) is 5.02 Å². The Labute approximate surface area is 190 Å². The van der Waals surface area contributed by atoms with Crippen molar-refractivity contribution in [3.05, 3.63) is 71.0 Å². The first-order valence-electron chi connectivity index (χ1n) is 10.5. The molecule has 0 atom stereocenters.